The monoisotopic (exact) mass is 345 g/mol. The molecular formula is C18H27N5O2. The minimum atomic E-state index is -0.233. The zero-order valence-electron chi connectivity index (χ0n) is 15.0. The zero-order valence-corrected chi connectivity index (χ0v) is 15.0. The van der Waals surface area contributed by atoms with Crippen LogP contribution in [-0.2, 0) is 11.3 Å². The highest BCUT2D eigenvalue weighted by atomic mass is 16.5. The molecule has 2 aromatic rings. The van der Waals surface area contributed by atoms with Crippen LogP contribution in [0.5, 0.6) is 0 Å². The van der Waals surface area contributed by atoms with Crippen LogP contribution in [0.15, 0.2) is 30.6 Å². The number of para-hydroxylation sites is 1. The van der Waals surface area contributed by atoms with Gasteiger partial charge in [-0.05, 0) is 31.9 Å². The van der Waals surface area contributed by atoms with Gasteiger partial charge in [0.2, 0.25) is 0 Å². The molecule has 0 atom stereocenters. The van der Waals surface area contributed by atoms with Crippen LogP contribution in [0.1, 0.15) is 33.1 Å². The third kappa shape index (κ3) is 5.86. The lowest BCUT2D eigenvalue weighted by atomic mass is 10.1. The summed E-state index contributed by atoms with van der Waals surface area (Å²) in [4.78, 5) is 12.1. The highest BCUT2D eigenvalue weighted by molar-refractivity contribution is 5.93. The quantitative estimate of drug-likeness (QED) is 0.648. The minimum absolute atomic E-state index is 0.233. The van der Waals surface area contributed by atoms with E-state index < -0.39 is 0 Å². The van der Waals surface area contributed by atoms with Gasteiger partial charge in [-0.2, -0.15) is 0 Å². The molecule has 0 bridgehead atoms. The Balaban J connectivity index is 1.85. The van der Waals surface area contributed by atoms with Crippen LogP contribution in [0.25, 0.3) is 11.4 Å². The van der Waals surface area contributed by atoms with E-state index >= 15 is 0 Å². The van der Waals surface area contributed by atoms with Crippen molar-refractivity contribution in [3.8, 4) is 11.4 Å². The molecule has 0 aliphatic heterocycles. The van der Waals surface area contributed by atoms with Crippen molar-refractivity contribution in [1.82, 2.24) is 20.1 Å². The molecule has 2 amide bonds. The van der Waals surface area contributed by atoms with Gasteiger partial charge in [0.05, 0.1) is 5.69 Å². The predicted octanol–water partition coefficient (Wildman–Crippen LogP) is 3.29. The minimum Gasteiger partial charge on any atom is -0.381 e. The summed E-state index contributed by atoms with van der Waals surface area (Å²) in [5, 5.41) is 13.9. The standard InChI is InChI=1S/C18H27N5O2/c1-3-5-12-25-13-8-11-19-18(24)21-16-10-7-6-9-15(16)17-22-20-14-23(17)4-2/h6-7,9-10,14H,3-5,8,11-13H2,1-2H3,(H2,19,21,24). The van der Waals surface area contributed by atoms with E-state index in [1.807, 2.05) is 35.8 Å². The predicted molar refractivity (Wildman–Crippen MR) is 98.5 cm³/mol. The van der Waals surface area contributed by atoms with Gasteiger partial charge in [0.15, 0.2) is 5.82 Å². The van der Waals surface area contributed by atoms with Gasteiger partial charge in [0.1, 0.15) is 6.33 Å². The van der Waals surface area contributed by atoms with E-state index in [0.29, 0.717) is 18.8 Å². The number of carbonyl (C=O) groups excluding carboxylic acids is 1. The molecule has 25 heavy (non-hydrogen) atoms. The molecule has 1 heterocycles. The molecule has 0 spiro atoms. The van der Waals surface area contributed by atoms with Gasteiger partial charge in [-0.15, -0.1) is 10.2 Å². The van der Waals surface area contributed by atoms with Gasteiger partial charge < -0.3 is 19.9 Å². The van der Waals surface area contributed by atoms with Crippen molar-refractivity contribution in [1.29, 1.82) is 0 Å². The number of aryl methyl sites for hydroxylation is 1. The van der Waals surface area contributed by atoms with Crippen molar-refractivity contribution in [2.45, 2.75) is 39.7 Å². The van der Waals surface area contributed by atoms with Crippen molar-refractivity contribution in [2.75, 3.05) is 25.1 Å². The molecule has 7 nitrogen and oxygen atoms in total. The van der Waals surface area contributed by atoms with E-state index in [9.17, 15) is 4.79 Å². The Morgan fingerprint density at radius 2 is 2.00 bits per heavy atom. The summed E-state index contributed by atoms with van der Waals surface area (Å²) in [5.41, 5.74) is 1.56. The van der Waals surface area contributed by atoms with Crippen molar-refractivity contribution >= 4 is 11.7 Å². The second-order valence-corrected chi connectivity index (χ2v) is 5.69. The van der Waals surface area contributed by atoms with E-state index in [4.69, 9.17) is 4.74 Å². The third-order valence-corrected chi connectivity index (χ3v) is 3.77. The molecule has 7 heteroatoms. The van der Waals surface area contributed by atoms with Gasteiger partial charge in [0, 0.05) is 31.9 Å². The average Bonchev–Trinajstić information content (AvgIpc) is 3.10. The number of benzene rings is 1. The Kier molecular flexibility index (Phi) is 7.91. The molecule has 0 fully saturated rings. The SMILES string of the molecule is CCCCOCCCNC(=O)Nc1ccccc1-c1nncn1CC. The molecule has 0 saturated heterocycles. The summed E-state index contributed by atoms with van der Waals surface area (Å²) >= 11 is 0. The maximum Gasteiger partial charge on any atom is 0.319 e. The number of nitrogens with one attached hydrogen (secondary N) is 2. The van der Waals surface area contributed by atoms with Crippen molar-refractivity contribution in [2.24, 2.45) is 0 Å². The largest absolute Gasteiger partial charge is 0.381 e. The smallest absolute Gasteiger partial charge is 0.319 e. The highest BCUT2D eigenvalue weighted by Crippen LogP contribution is 2.25. The summed E-state index contributed by atoms with van der Waals surface area (Å²) in [6.45, 7) is 6.95. The van der Waals surface area contributed by atoms with Gasteiger partial charge in [0.25, 0.3) is 0 Å². The number of carbonyl (C=O) groups is 1. The highest BCUT2D eigenvalue weighted by Gasteiger charge is 2.12. The van der Waals surface area contributed by atoms with Gasteiger partial charge in [-0.1, -0.05) is 25.5 Å². The van der Waals surface area contributed by atoms with E-state index in [1.54, 1.807) is 6.33 Å². The number of unbranched alkanes of at least 4 members (excludes halogenated alkanes) is 1. The van der Waals surface area contributed by atoms with Gasteiger partial charge in [-0.3, -0.25) is 0 Å². The Bertz CT molecular complexity index is 656. The number of nitrogens with zero attached hydrogens (tertiary/aromatic N) is 3. The zero-order chi connectivity index (χ0) is 17.9. The first-order valence-electron chi connectivity index (χ1n) is 8.86. The molecule has 1 aromatic carbocycles. The fraction of sp³-hybridized carbons (Fsp3) is 0.500. The van der Waals surface area contributed by atoms with E-state index in [2.05, 4.69) is 27.8 Å². The number of amides is 2. The van der Waals surface area contributed by atoms with Gasteiger partial charge >= 0.3 is 6.03 Å². The fourth-order valence-corrected chi connectivity index (χ4v) is 2.37. The number of urea groups is 1. The average molecular weight is 345 g/mol. The Morgan fingerprint density at radius 3 is 2.80 bits per heavy atom. The van der Waals surface area contributed by atoms with E-state index in [0.717, 1.165) is 43.8 Å². The summed E-state index contributed by atoms with van der Waals surface area (Å²) in [7, 11) is 0. The Labute approximate surface area is 148 Å². The lowest BCUT2D eigenvalue weighted by molar-refractivity contribution is 0.129. The number of rotatable bonds is 10. The third-order valence-electron chi connectivity index (χ3n) is 3.77. The van der Waals surface area contributed by atoms with E-state index in [1.165, 1.54) is 0 Å². The fourth-order valence-electron chi connectivity index (χ4n) is 2.37. The lowest BCUT2D eigenvalue weighted by Gasteiger charge is -2.12. The molecule has 0 aliphatic carbocycles. The van der Waals surface area contributed by atoms with Crippen LogP contribution in [0, 0.1) is 0 Å². The molecule has 0 saturated carbocycles. The topological polar surface area (TPSA) is 81.1 Å². The first kappa shape index (κ1) is 18.9. The molecule has 0 unspecified atom stereocenters. The molecule has 2 N–H and O–H groups in total. The first-order valence-corrected chi connectivity index (χ1v) is 8.86. The molecular weight excluding hydrogens is 318 g/mol. The second-order valence-electron chi connectivity index (χ2n) is 5.69. The normalized spacial score (nSPS) is 10.6. The summed E-state index contributed by atoms with van der Waals surface area (Å²) in [6, 6.07) is 7.35. The van der Waals surface area contributed by atoms with Crippen LogP contribution in [0.3, 0.4) is 0 Å². The summed E-state index contributed by atoms with van der Waals surface area (Å²) < 4.78 is 7.41. The number of hydrogen-bond acceptors (Lipinski definition) is 4. The van der Waals surface area contributed by atoms with Crippen LogP contribution < -0.4 is 10.6 Å². The molecule has 1 aromatic heterocycles. The summed E-state index contributed by atoms with van der Waals surface area (Å²) in [6.07, 6.45) is 4.69. The second kappa shape index (κ2) is 10.5. The van der Waals surface area contributed by atoms with Crippen LogP contribution in [-0.4, -0.2) is 40.6 Å². The van der Waals surface area contributed by atoms with Crippen LogP contribution in [0.2, 0.25) is 0 Å². The Morgan fingerprint density at radius 1 is 1.20 bits per heavy atom. The van der Waals surface area contributed by atoms with E-state index in [-0.39, 0.29) is 6.03 Å². The Hall–Kier alpha value is -2.41. The van der Waals surface area contributed by atoms with Gasteiger partial charge in [-0.25, -0.2) is 4.79 Å². The number of hydrogen-bond donors (Lipinski definition) is 2. The maximum atomic E-state index is 12.1. The first-order chi connectivity index (χ1) is 12.3. The molecule has 2 rings (SSSR count). The molecule has 136 valence electrons. The van der Waals surface area contributed by atoms with Crippen LogP contribution in [0.4, 0.5) is 10.5 Å². The maximum absolute atomic E-state index is 12.1. The van der Waals surface area contributed by atoms with Crippen molar-refractivity contribution in [3.63, 3.8) is 0 Å². The van der Waals surface area contributed by atoms with Crippen LogP contribution >= 0.6 is 0 Å². The van der Waals surface area contributed by atoms with Crippen molar-refractivity contribution < 1.29 is 9.53 Å². The lowest BCUT2D eigenvalue weighted by Crippen LogP contribution is -2.30. The number of ether oxygens (including phenoxy) is 1. The molecule has 0 aliphatic rings. The number of aromatic nitrogens is 3. The number of anilines is 1. The van der Waals surface area contributed by atoms with Crippen molar-refractivity contribution in [3.05, 3.63) is 30.6 Å². The molecule has 0 radical (unpaired) electrons. The summed E-state index contributed by atoms with van der Waals surface area (Å²) in [5.74, 6) is 0.739.